The number of carbonyl (C=O) groups excluding carboxylic acids is 1. The van der Waals surface area contributed by atoms with Crippen LogP contribution in [0.15, 0.2) is 33.9 Å². The molecule has 0 aliphatic carbocycles. The normalized spacial score (nSPS) is 14.0. The number of amides is 1. The molecule has 0 saturated carbocycles. The van der Waals surface area contributed by atoms with Crippen LogP contribution in [0.2, 0.25) is 5.02 Å². The fourth-order valence-corrected chi connectivity index (χ4v) is 3.21. The molecule has 1 heterocycles. The van der Waals surface area contributed by atoms with Gasteiger partial charge in [0.2, 0.25) is 5.91 Å². The molecule has 0 bridgehead atoms. The van der Waals surface area contributed by atoms with E-state index < -0.39 is 10.9 Å². The fourth-order valence-electron chi connectivity index (χ4n) is 3.01. The van der Waals surface area contributed by atoms with Gasteiger partial charge in [0, 0.05) is 37.6 Å². The Balaban J connectivity index is 1.48. The number of halogens is 1. The summed E-state index contributed by atoms with van der Waals surface area (Å²) in [5.41, 5.74) is 0.778. The molecule has 0 spiro atoms. The van der Waals surface area contributed by atoms with Gasteiger partial charge in [-0.15, -0.1) is 0 Å². The van der Waals surface area contributed by atoms with Crippen LogP contribution < -0.4 is 26.4 Å². The minimum Gasteiger partial charge on any atom is -0.379 e. The van der Waals surface area contributed by atoms with E-state index in [1.54, 1.807) is 6.07 Å². The Morgan fingerprint density at radius 3 is 2.56 bits per heavy atom. The number of hydrogen-bond acceptors (Lipinski definition) is 5. The second kappa shape index (κ2) is 7.70. The molecule has 1 aliphatic heterocycles. The molecular formula is C18H20ClN3O3. The van der Waals surface area contributed by atoms with Crippen LogP contribution in [0.5, 0.6) is 0 Å². The zero-order valence-corrected chi connectivity index (χ0v) is 14.6. The monoisotopic (exact) mass is 361 g/mol. The molecule has 0 atom stereocenters. The van der Waals surface area contributed by atoms with Gasteiger partial charge in [-0.2, -0.15) is 0 Å². The Kier molecular flexibility index (Phi) is 5.38. The van der Waals surface area contributed by atoms with Crippen molar-refractivity contribution in [1.29, 1.82) is 0 Å². The first-order valence-corrected chi connectivity index (χ1v) is 8.78. The number of hydrogen-bond donors (Lipinski definition) is 2. The molecular weight excluding hydrogens is 342 g/mol. The molecule has 0 unspecified atom stereocenters. The van der Waals surface area contributed by atoms with Gasteiger partial charge >= 0.3 is 0 Å². The number of benzene rings is 1. The Labute approximate surface area is 150 Å². The Morgan fingerprint density at radius 2 is 1.84 bits per heavy atom. The van der Waals surface area contributed by atoms with Crippen molar-refractivity contribution in [3.05, 3.63) is 55.3 Å². The standard InChI is InChI=1S/C18H20ClN3O3/c19-13-6-2-1-5-12(13)11-21-14(23)7-8-20-15-16(18(25)17(15)24)22-9-3-4-10-22/h1-2,5-6,20H,3-4,7-11H2,(H,21,23). The molecule has 1 amide bonds. The first-order valence-electron chi connectivity index (χ1n) is 8.40. The third kappa shape index (κ3) is 3.85. The van der Waals surface area contributed by atoms with Crippen molar-refractivity contribution in [2.75, 3.05) is 29.9 Å². The minimum atomic E-state index is -0.488. The third-order valence-corrected chi connectivity index (χ3v) is 4.76. The molecule has 3 rings (SSSR count). The number of nitrogens with zero attached hydrogens (tertiary/aromatic N) is 1. The molecule has 2 N–H and O–H groups in total. The van der Waals surface area contributed by atoms with Gasteiger partial charge in [0.1, 0.15) is 11.4 Å². The van der Waals surface area contributed by atoms with Gasteiger partial charge in [-0.1, -0.05) is 29.8 Å². The summed E-state index contributed by atoms with van der Waals surface area (Å²) in [6, 6.07) is 7.32. The smallest absolute Gasteiger partial charge is 0.253 e. The number of nitrogens with one attached hydrogen (secondary N) is 2. The molecule has 7 heteroatoms. The highest BCUT2D eigenvalue weighted by Gasteiger charge is 2.27. The summed E-state index contributed by atoms with van der Waals surface area (Å²) in [7, 11) is 0. The molecule has 132 valence electrons. The topological polar surface area (TPSA) is 78.5 Å². The fraction of sp³-hybridized carbons (Fsp3) is 0.389. The van der Waals surface area contributed by atoms with Crippen LogP contribution >= 0.6 is 11.6 Å². The van der Waals surface area contributed by atoms with Gasteiger partial charge in [-0.3, -0.25) is 14.4 Å². The lowest BCUT2D eigenvalue weighted by molar-refractivity contribution is -0.121. The van der Waals surface area contributed by atoms with E-state index >= 15 is 0 Å². The van der Waals surface area contributed by atoms with Crippen LogP contribution in [-0.2, 0) is 11.3 Å². The van der Waals surface area contributed by atoms with Crippen LogP contribution in [0.25, 0.3) is 0 Å². The van der Waals surface area contributed by atoms with Crippen molar-refractivity contribution in [3.63, 3.8) is 0 Å². The summed E-state index contributed by atoms with van der Waals surface area (Å²) >= 11 is 6.04. The molecule has 1 saturated heterocycles. The lowest BCUT2D eigenvalue weighted by Gasteiger charge is -2.22. The summed E-state index contributed by atoms with van der Waals surface area (Å²) in [6.07, 6.45) is 2.27. The van der Waals surface area contributed by atoms with Gasteiger partial charge in [0.25, 0.3) is 10.9 Å². The summed E-state index contributed by atoms with van der Waals surface area (Å²) in [5, 5.41) is 6.35. The zero-order chi connectivity index (χ0) is 17.8. The summed E-state index contributed by atoms with van der Waals surface area (Å²) < 4.78 is 0. The van der Waals surface area contributed by atoms with E-state index in [-0.39, 0.29) is 12.3 Å². The first kappa shape index (κ1) is 17.5. The second-order valence-corrected chi connectivity index (χ2v) is 6.53. The quantitative estimate of drug-likeness (QED) is 0.733. The Hall–Kier alpha value is -2.34. The van der Waals surface area contributed by atoms with Gasteiger partial charge in [0.15, 0.2) is 0 Å². The van der Waals surface area contributed by atoms with Gasteiger partial charge in [-0.05, 0) is 24.5 Å². The maximum absolute atomic E-state index is 11.9. The van der Waals surface area contributed by atoms with Crippen molar-refractivity contribution in [2.24, 2.45) is 0 Å². The third-order valence-electron chi connectivity index (χ3n) is 4.40. The average molecular weight is 362 g/mol. The van der Waals surface area contributed by atoms with Crippen LogP contribution in [0.4, 0.5) is 11.4 Å². The SMILES string of the molecule is O=C(CCNc1c(N2CCCC2)c(=O)c1=O)NCc1ccccc1Cl. The highest BCUT2D eigenvalue weighted by molar-refractivity contribution is 6.31. The summed E-state index contributed by atoms with van der Waals surface area (Å²) in [5.74, 6) is -0.145. The molecule has 0 radical (unpaired) electrons. The van der Waals surface area contributed by atoms with Crippen molar-refractivity contribution >= 4 is 28.9 Å². The van der Waals surface area contributed by atoms with Crippen molar-refractivity contribution in [3.8, 4) is 0 Å². The Morgan fingerprint density at radius 1 is 1.12 bits per heavy atom. The summed E-state index contributed by atoms with van der Waals surface area (Å²) in [4.78, 5) is 37.4. The molecule has 1 fully saturated rings. The lowest BCUT2D eigenvalue weighted by Crippen LogP contribution is -2.42. The predicted molar refractivity (Wildman–Crippen MR) is 99.2 cm³/mol. The number of carbonyl (C=O) groups is 1. The van der Waals surface area contributed by atoms with Crippen LogP contribution in [-0.4, -0.2) is 25.5 Å². The largest absolute Gasteiger partial charge is 0.379 e. The van der Waals surface area contributed by atoms with E-state index in [2.05, 4.69) is 10.6 Å². The van der Waals surface area contributed by atoms with Gasteiger partial charge in [0.05, 0.1) is 0 Å². The van der Waals surface area contributed by atoms with E-state index in [1.807, 2.05) is 23.1 Å². The number of anilines is 2. The highest BCUT2D eigenvalue weighted by atomic mass is 35.5. The van der Waals surface area contributed by atoms with Crippen molar-refractivity contribution < 1.29 is 4.79 Å². The van der Waals surface area contributed by atoms with Crippen LogP contribution in [0.1, 0.15) is 24.8 Å². The molecule has 6 nitrogen and oxygen atoms in total. The minimum absolute atomic E-state index is 0.145. The Bertz CT molecular complexity index is 836. The maximum atomic E-state index is 11.9. The lowest BCUT2D eigenvalue weighted by atomic mass is 10.1. The predicted octanol–water partition coefficient (Wildman–Crippen LogP) is 1.65. The molecule has 1 aliphatic rings. The van der Waals surface area contributed by atoms with Crippen molar-refractivity contribution in [2.45, 2.75) is 25.8 Å². The van der Waals surface area contributed by atoms with E-state index in [0.29, 0.717) is 29.5 Å². The van der Waals surface area contributed by atoms with Crippen molar-refractivity contribution in [1.82, 2.24) is 5.32 Å². The average Bonchev–Trinajstić information content (AvgIpc) is 3.13. The first-order chi connectivity index (χ1) is 12.1. The van der Waals surface area contributed by atoms with E-state index in [0.717, 1.165) is 31.5 Å². The number of rotatable bonds is 7. The van der Waals surface area contributed by atoms with Gasteiger partial charge < -0.3 is 15.5 Å². The zero-order valence-electron chi connectivity index (χ0n) is 13.8. The molecule has 2 aromatic rings. The van der Waals surface area contributed by atoms with Crippen LogP contribution in [0.3, 0.4) is 0 Å². The van der Waals surface area contributed by atoms with Gasteiger partial charge in [-0.25, -0.2) is 0 Å². The molecule has 25 heavy (non-hydrogen) atoms. The van der Waals surface area contributed by atoms with E-state index in [1.165, 1.54) is 0 Å². The maximum Gasteiger partial charge on any atom is 0.253 e. The van der Waals surface area contributed by atoms with E-state index in [9.17, 15) is 14.4 Å². The molecule has 0 aromatic heterocycles. The molecule has 2 aromatic carbocycles. The highest BCUT2D eigenvalue weighted by Crippen LogP contribution is 2.24. The van der Waals surface area contributed by atoms with Crippen LogP contribution in [0, 0.1) is 0 Å². The van der Waals surface area contributed by atoms with E-state index in [4.69, 9.17) is 11.6 Å². The second-order valence-electron chi connectivity index (χ2n) is 6.12. The summed E-state index contributed by atoms with van der Waals surface area (Å²) in [6.45, 7) is 2.27.